The molecule has 0 saturated heterocycles. The van der Waals surface area contributed by atoms with Gasteiger partial charge in [-0.25, -0.2) is 9.49 Å². The summed E-state index contributed by atoms with van der Waals surface area (Å²) in [5.41, 5.74) is -1.80. The highest BCUT2D eigenvalue weighted by atomic mass is 19.4. The third-order valence-corrected chi connectivity index (χ3v) is 1.90. The van der Waals surface area contributed by atoms with Gasteiger partial charge in [0.15, 0.2) is 5.82 Å². The molecule has 2 aromatic rings. The summed E-state index contributed by atoms with van der Waals surface area (Å²) in [6.07, 6.45) is -4.80. The molecule has 2 rings (SSSR count). The van der Waals surface area contributed by atoms with Crippen molar-refractivity contribution in [1.82, 2.24) is 20.6 Å². The third-order valence-electron chi connectivity index (χ3n) is 1.90. The second-order valence-corrected chi connectivity index (χ2v) is 2.91. The fourth-order valence-electron chi connectivity index (χ4n) is 1.28. The van der Waals surface area contributed by atoms with Crippen LogP contribution in [0.4, 0.5) is 17.6 Å². The second kappa shape index (κ2) is 3.54. The number of hydrogen-bond donors (Lipinski definition) is 1. The molecule has 4 nitrogen and oxygen atoms in total. The minimum absolute atomic E-state index is 0.230. The van der Waals surface area contributed by atoms with Crippen LogP contribution in [0.1, 0.15) is 5.56 Å². The van der Waals surface area contributed by atoms with Crippen LogP contribution in [-0.2, 0) is 6.18 Å². The van der Waals surface area contributed by atoms with Crippen molar-refractivity contribution < 1.29 is 17.6 Å². The van der Waals surface area contributed by atoms with E-state index in [4.69, 9.17) is 0 Å². The van der Waals surface area contributed by atoms with E-state index < -0.39 is 23.1 Å². The second-order valence-electron chi connectivity index (χ2n) is 2.91. The maximum atomic E-state index is 13.1. The number of aromatic nitrogens is 4. The lowest BCUT2D eigenvalue weighted by atomic mass is 10.1. The summed E-state index contributed by atoms with van der Waals surface area (Å²) in [5, 5.41) is 11.8. The SMILES string of the molecule is Fc1cccc(-c2nnn[nH]2)c1C(F)(F)F. The van der Waals surface area contributed by atoms with Crippen molar-refractivity contribution in [2.24, 2.45) is 0 Å². The molecule has 0 aliphatic heterocycles. The van der Waals surface area contributed by atoms with Crippen LogP contribution in [0.2, 0.25) is 0 Å². The van der Waals surface area contributed by atoms with Gasteiger partial charge in [-0.2, -0.15) is 13.2 Å². The van der Waals surface area contributed by atoms with Crippen LogP contribution in [0, 0.1) is 5.82 Å². The molecule has 0 spiro atoms. The van der Waals surface area contributed by atoms with Gasteiger partial charge in [0.25, 0.3) is 0 Å². The highest BCUT2D eigenvalue weighted by molar-refractivity contribution is 5.60. The van der Waals surface area contributed by atoms with Crippen molar-refractivity contribution in [1.29, 1.82) is 0 Å². The summed E-state index contributed by atoms with van der Waals surface area (Å²) in [6.45, 7) is 0. The summed E-state index contributed by atoms with van der Waals surface area (Å²) in [4.78, 5) is 0. The Bertz CT molecular complexity index is 491. The number of hydrogen-bond acceptors (Lipinski definition) is 3. The molecule has 1 N–H and O–H groups in total. The Morgan fingerprint density at radius 1 is 1.19 bits per heavy atom. The highest BCUT2D eigenvalue weighted by Crippen LogP contribution is 2.37. The van der Waals surface area contributed by atoms with E-state index in [-0.39, 0.29) is 5.82 Å². The quantitative estimate of drug-likeness (QED) is 0.765. The van der Waals surface area contributed by atoms with E-state index >= 15 is 0 Å². The number of rotatable bonds is 1. The lowest BCUT2D eigenvalue weighted by molar-refractivity contribution is -0.139. The molecule has 0 radical (unpaired) electrons. The standard InChI is InChI=1S/C8H4F4N4/c9-5-3-1-2-4(6(5)8(10,11)12)7-13-15-16-14-7/h1-3H,(H,13,14,15,16). The van der Waals surface area contributed by atoms with Crippen molar-refractivity contribution in [3.63, 3.8) is 0 Å². The van der Waals surface area contributed by atoms with Gasteiger partial charge in [-0.1, -0.05) is 12.1 Å². The molecule has 1 heterocycles. The maximum absolute atomic E-state index is 13.1. The number of tetrazole rings is 1. The number of benzene rings is 1. The Hall–Kier alpha value is -1.99. The van der Waals surface area contributed by atoms with Crippen LogP contribution in [-0.4, -0.2) is 20.6 Å². The van der Waals surface area contributed by atoms with Gasteiger partial charge in [0, 0.05) is 5.56 Å². The van der Waals surface area contributed by atoms with Crippen LogP contribution in [0.5, 0.6) is 0 Å². The lowest BCUT2D eigenvalue weighted by Crippen LogP contribution is -2.10. The van der Waals surface area contributed by atoms with Gasteiger partial charge >= 0.3 is 6.18 Å². The van der Waals surface area contributed by atoms with E-state index in [0.29, 0.717) is 0 Å². The summed E-state index contributed by atoms with van der Waals surface area (Å²) in [6, 6.07) is 2.98. The Kier molecular flexibility index (Phi) is 2.33. The Morgan fingerprint density at radius 3 is 2.50 bits per heavy atom. The minimum Gasteiger partial charge on any atom is -0.239 e. The van der Waals surface area contributed by atoms with Gasteiger partial charge in [-0.15, -0.1) is 5.10 Å². The maximum Gasteiger partial charge on any atom is 0.419 e. The van der Waals surface area contributed by atoms with Crippen molar-refractivity contribution in [2.75, 3.05) is 0 Å². The number of nitrogens with zero attached hydrogens (tertiary/aromatic N) is 3. The Morgan fingerprint density at radius 2 is 1.94 bits per heavy atom. The fourth-order valence-corrected chi connectivity index (χ4v) is 1.28. The van der Waals surface area contributed by atoms with Crippen LogP contribution in [0.3, 0.4) is 0 Å². The smallest absolute Gasteiger partial charge is 0.239 e. The van der Waals surface area contributed by atoms with Gasteiger partial charge < -0.3 is 0 Å². The van der Waals surface area contributed by atoms with Crippen LogP contribution in [0.25, 0.3) is 11.4 Å². The molecule has 0 amide bonds. The van der Waals surface area contributed by atoms with Crippen molar-refractivity contribution in [2.45, 2.75) is 6.18 Å². The monoisotopic (exact) mass is 232 g/mol. The number of aromatic amines is 1. The predicted octanol–water partition coefficient (Wildman–Crippen LogP) is 2.02. The zero-order valence-electron chi connectivity index (χ0n) is 7.59. The van der Waals surface area contributed by atoms with Gasteiger partial charge in [-0.05, 0) is 16.5 Å². The summed E-state index contributed by atoms with van der Waals surface area (Å²) >= 11 is 0. The largest absolute Gasteiger partial charge is 0.419 e. The molecular weight excluding hydrogens is 228 g/mol. The van der Waals surface area contributed by atoms with E-state index in [1.54, 1.807) is 0 Å². The van der Waals surface area contributed by atoms with Crippen LogP contribution in [0.15, 0.2) is 18.2 Å². The molecule has 0 aliphatic carbocycles. The molecule has 8 heteroatoms. The lowest BCUT2D eigenvalue weighted by Gasteiger charge is -2.11. The van der Waals surface area contributed by atoms with E-state index in [9.17, 15) is 17.6 Å². The van der Waals surface area contributed by atoms with E-state index in [1.165, 1.54) is 0 Å². The average Bonchev–Trinajstić information content (AvgIpc) is 2.67. The molecule has 0 saturated carbocycles. The van der Waals surface area contributed by atoms with Gasteiger partial charge in [0.2, 0.25) is 0 Å². The minimum atomic E-state index is -4.80. The molecule has 0 bridgehead atoms. The Labute approximate surface area is 86.3 Å². The number of H-pyrrole nitrogens is 1. The van der Waals surface area contributed by atoms with E-state index in [2.05, 4.69) is 20.6 Å². The highest BCUT2D eigenvalue weighted by Gasteiger charge is 2.37. The average molecular weight is 232 g/mol. The molecule has 1 aromatic heterocycles. The summed E-state index contributed by atoms with van der Waals surface area (Å²) in [7, 11) is 0. The molecule has 16 heavy (non-hydrogen) atoms. The first-order chi connectivity index (χ1) is 7.50. The first-order valence-corrected chi connectivity index (χ1v) is 4.10. The fraction of sp³-hybridized carbons (Fsp3) is 0.125. The Balaban J connectivity index is 2.67. The van der Waals surface area contributed by atoms with Crippen LogP contribution >= 0.6 is 0 Å². The van der Waals surface area contributed by atoms with Gasteiger partial charge in [0.1, 0.15) is 11.4 Å². The van der Waals surface area contributed by atoms with Gasteiger partial charge in [0.05, 0.1) is 0 Å². The molecule has 0 fully saturated rings. The summed E-state index contributed by atoms with van der Waals surface area (Å²) < 4.78 is 50.9. The third kappa shape index (κ3) is 1.73. The first kappa shape index (κ1) is 10.5. The molecular formula is C8H4F4N4. The van der Waals surface area contributed by atoms with Crippen molar-refractivity contribution >= 4 is 0 Å². The van der Waals surface area contributed by atoms with Crippen molar-refractivity contribution in [3.8, 4) is 11.4 Å². The zero-order chi connectivity index (χ0) is 11.8. The number of alkyl halides is 3. The summed E-state index contributed by atoms with van der Waals surface area (Å²) in [5.74, 6) is -1.59. The topological polar surface area (TPSA) is 54.5 Å². The van der Waals surface area contributed by atoms with Crippen molar-refractivity contribution in [3.05, 3.63) is 29.6 Å². The van der Waals surface area contributed by atoms with Gasteiger partial charge in [-0.3, -0.25) is 0 Å². The van der Waals surface area contributed by atoms with E-state index in [1.807, 2.05) is 0 Å². The molecule has 0 atom stereocenters. The normalized spacial score (nSPS) is 11.8. The van der Waals surface area contributed by atoms with E-state index in [0.717, 1.165) is 18.2 Å². The first-order valence-electron chi connectivity index (χ1n) is 4.10. The zero-order valence-corrected chi connectivity index (χ0v) is 7.59. The predicted molar refractivity (Wildman–Crippen MR) is 44.6 cm³/mol. The molecule has 84 valence electrons. The number of nitrogens with one attached hydrogen (secondary N) is 1. The molecule has 0 unspecified atom stereocenters. The number of halogens is 4. The van der Waals surface area contributed by atoms with Crippen LogP contribution < -0.4 is 0 Å². The molecule has 0 aliphatic rings. The molecule has 1 aromatic carbocycles.